The first kappa shape index (κ1) is 21.9. The summed E-state index contributed by atoms with van der Waals surface area (Å²) in [5.41, 5.74) is 5.89. The van der Waals surface area contributed by atoms with Crippen molar-refractivity contribution in [1.29, 1.82) is 0 Å². The molecule has 0 atom stereocenters. The van der Waals surface area contributed by atoms with Crippen LogP contribution >= 0.6 is 0 Å². The van der Waals surface area contributed by atoms with Crippen LogP contribution in [0.15, 0.2) is 72.8 Å². The Labute approximate surface area is 191 Å². The van der Waals surface area contributed by atoms with Crippen LogP contribution in [0.5, 0.6) is 5.75 Å². The zero-order valence-electron chi connectivity index (χ0n) is 18.8. The molecule has 0 aliphatic carbocycles. The standard InChI is InChI=1S/C28H32N2O2/c1-2-32-27-14-6-4-10-24(27)11-7-19-29-28(31)25-17-15-22(16-18-25)21-30-20-8-12-23-9-3-5-13-26(23)30/h3-6,9-10,13-18H,2,7-8,11-12,19-21H2,1H3,(H,29,31). The van der Waals surface area contributed by atoms with Gasteiger partial charge in [0.15, 0.2) is 0 Å². The number of fused-ring (bicyclic) bond motifs is 1. The molecular weight excluding hydrogens is 396 g/mol. The van der Waals surface area contributed by atoms with Crippen molar-refractivity contribution in [2.75, 3.05) is 24.6 Å². The van der Waals surface area contributed by atoms with Gasteiger partial charge >= 0.3 is 0 Å². The minimum atomic E-state index is -0.0158. The van der Waals surface area contributed by atoms with E-state index in [1.807, 2.05) is 37.3 Å². The Morgan fingerprint density at radius 1 is 1.00 bits per heavy atom. The third-order valence-electron chi connectivity index (χ3n) is 5.98. The number of nitrogens with zero attached hydrogens (tertiary/aromatic N) is 1. The molecule has 0 bridgehead atoms. The number of carbonyl (C=O) groups excluding carboxylic acids is 1. The van der Waals surface area contributed by atoms with Crippen molar-refractivity contribution in [3.8, 4) is 5.75 Å². The Balaban J connectivity index is 1.27. The maximum Gasteiger partial charge on any atom is 0.251 e. The molecule has 32 heavy (non-hydrogen) atoms. The summed E-state index contributed by atoms with van der Waals surface area (Å²) in [6.07, 6.45) is 4.10. The highest BCUT2D eigenvalue weighted by Crippen LogP contribution is 2.28. The van der Waals surface area contributed by atoms with Crippen LogP contribution in [-0.2, 0) is 19.4 Å². The maximum atomic E-state index is 12.5. The molecule has 4 heteroatoms. The molecule has 0 radical (unpaired) electrons. The first-order chi connectivity index (χ1) is 15.7. The van der Waals surface area contributed by atoms with Crippen molar-refractivity contribution in [1.82, 2.24) is 5.32 Å². The highest BCUT2D eigenvalue weighted by molar-refractivity contribution is 5.94. The van der Waals surface area contributed by atoms with Crippen molar-refractivity contribution in [3.63, 3.8) is 0 Å². The molecule has 1 heterocycles. The number of para-hydroxylation sites is 2. The lowest BCUT2D eigenvalue weighted by Crippen LogP contribution is -2.28. The minimum absolute atomic E-state index is 0.0158. The van der Waals surface area contributed by atoms with E-state index in [0.29, 0.717) is 18.7 Å². The van der Waals surface area contributed by atoms with Crippen molar-refractivity contribution in [2.24, 2.45) is 0 Å². The second-order valence-corrected chi connectivity index (χ2v) is 8.25. The molecule has 1 N–H and O–H groups in total. The van der Waals surface area contributed by atoms with Gasteiger partial charge in [-0.1, -0.05) is 48.5 Å². The highest BCUT2D eigenvalue weighted by atomic mass is 16.5. The molecule has 3 aromatic rings. The molecule has 0 unspecified atom stereocenters. The van der Waals surface area contributed by atoms with E-state index in [1.54, 1.807) is 0 Å². The van der Waals surface area contributed by atoms with E-state index in [2.05, 4.69) is 52.7 Å². The van der Waals surface area contributed by atoms with Gasteiger partial charge < -0.3 is 15.0 Å². The lowest BCUT2D eigenvalue weighted by molar-refractivity contribution is 0.0953. The molecule has 4 rings (SSSR count). The van der Waals surface area contributed by atoms with E-state index in [1.165, 1.54) is 28.8 Å². The summed E-state index contributed by atoms with van der Waals surface area (Å²) in [7, 11) is 0. The van der Waals surface area contributed by atoms with E-state index in [-0.39, 0.29) is 5.91 Å². The van der Waals surface area contributed by atoms with Crippen molar-refractivity contribution in [2.45, 2.75) is 39.2 Å². The number of nitrogens with one attached hydrogen (secondary N) is 1. The van der Waals surface area contributed by atoms with Crippen LogP contribution in [0.2, 0.25) is 0 Å². The van der Waals surface area contributed by atoms with E-state index in [4.69, 9.17) is 4.74 Å². The van der Waals surface area contributed by atoms with Crippen LogP contribution in [0.1, 0.15) is 46.8 Å². The number of ether oxygens (including phenoxy) is 1. The molecule has 0 aromatic heterocycles. The average Bonchev–Trinajstić information content (AvgIpc) is 2.83. The van der Waals surface area contributed by atoms with Crippen LogP contribution in [-0.4, -0.2) is 25.6 Å². The summed E-state index contributed by atoms with van der Waals surface area (Å²) in [4.78, 5) is 15.0. The number of hydrogen-bond donors (Lipinski definition) is 1. The number of carbonyl (C=O) groups is 1. The summed E-state index contributed by atoms with van der Waals surface area (Å²) in [6, 6.07) is 24.8. The summed E-state index contributed by atoms with van der Waals surface area (Å²) in [6.45, 7) is 5.25. The van der Waals surface area contributed by atoms with Crippen LogP contribution in [0, 0.1) is 0 Å². The molecule has 1 aliphatic heterocycles. The second-order valence-electron chi connectivity index (χ2n) is 8.25. The molecule has 166 valence electrons. The van der Waals surface area contributed by atoms with Crippen molar-refractivity contribution < 1.29 is 9.53 Å². The fourth-order valence-electron chi connectivity index (χ4n) is 4.35. The van der Waals surface area contributed by atoms with Crippen LogP contribution in [0.3, 0.4) is 0 Å². The first-order valence-electron chi connectivity index (χ1n) is 11.7. The number of benzene rings is 3. The number of hydrogen-bond acceptors (Lipinski definition) is 3. The third-order valence-corrected chi connectivity index (χ3v) is 5.98. The summed E-state index contributed by atoms with van der Waals surface area (Å²) in [5, 5.41) is 3.04. The Hall–Kier alpha value is -3.27. The number of aryl methyl sites for hydroxylation is 2. The predicted molar refractivity (Wildman–Crippen MR) is 131 cm³/mol. The lowest BCUT2D eigenvalue weighted by atomic mass is 10.0. The average molecular weight is 429 g/mol. The largest absolute Gasteiger partial charge is 0.494 e. The zero-order valence-corrected chi connectivity index (χ0v) is 18.8. The van der Waals surface area contributed by atoms with Crippen molar-refractivity contribution in [3.05, 3.63) is 95.1 Å². The summed E-state index contributed by atoms with van der Waals surface area (Å²) < 4.78 is 5.68. The topological polar surface area (TPSA) is 41.6 Å². The van der Waals surface area contributed by atoms with Gasteiger partial charge in [0.1, 0.15) is 5.75 Å². The van der Waals surface area contributed by atoms with E-state index in [0.717, 1.165) is 38.1 Å². The molecule has 0 spiro atoms. The fourth-order valence-corrected chi connectivity index (χ4v) is 4.35. The molecule has 1 amide bonds. The monoisotopic (exact) mass is 428 g/mol. The lowest BCUT2D eigenvalue weighted by Gasteiger charge is -2.31. The maximum absolute atomic E-state index is 12.5. The van der Waals surface area contributed by atoms with Gasteiger partial charge in [-0.3, -0.25) is 4.79 Å². The molecular formula is C28H32N2O2. The van der Waals surface area contributed by atoms with E-state index >= 15 is 0 Å². The van der Waals surface area contributed by atoms with Crippen molar-refractivity contribution >= 4 is 11.6 Å². The molecule has 1 aliphatic rings. The quantitative estimate of drug-likeness (QED) is 0.464. The van der Waals surface area contributed by atoms with Gasteiger partial charge in [0.2, 0.25) is 0 Å². The van der Waals surface area contributed by atoms with Gasteiger partial charge in [0.05, 0.1) is 6.61 Å². The van der Waals surface area contributed by atoms with E-state index in [9.17, 15) is 4.79 Å². The first-order valence-corrected chi connectivity index (χ1v) is 11.7. The summed E-state index contributed by atoms with van der Waals surface area (Å²) in [5.74, 6) is 0.922. The van der Waals surface area contributed by atoms with Gasteiger partial charge in [0, 0.05) is 30.9 Å². The molecule has 0 saturated carbocycles. The van der Waals surface area contributed by atoms with Crippen LogP contribution in [0.25, 0.3) is 0 Å². The Morgan fingerprint density at radius 2 is 1.78 bits per heavy atom. The second kappa shape index (κ2) is 10.9. The predicted octanol–water partition coefficient (Wildman–Crippen LogP) is 5.40. The normalized spacial score (nSPS) is 12.8. The fraction of sp³-hybridized carbons (Fsp3) is 0.321. The number of rotatable bonds is 9. The van der Waals surface area contributed by atoms with Gasteiger partial charge in [0.25, 0.3) is 5.91 Å². The molecule has 3 aromatic carbocycles. The minimum Gasteiger partial charge on any atom is -0.494 e. The molecule has 4 nitrogen and oxygen atoms in total. The zero-order chi connectivity index (χ0) is 22.2. The Kier molecular flexibility index (Phi) is 7.44. The number of anilines is 1. The Morgan fingerprint density at radius 3 is 2.62 bits per heavy atom. The summed E-state index contributed by atoms with van der Waals surface area (Å²) >= 11 is 0. The molecule has 0 fully saturated rings. The smallest absolute Gasteiger partial charge is 0.251 e. The van der Waals surface area contributed by atoms with E-state index < -0.39 is 0 Å². The van der Waals surface area contributed by atoms with Crippen LogP contribution in [0.4, 0.5) is 5.69 Å². The number of amides is 1. The third kappa shape index (κ3) is 5.50. The highest BCUT2D eigenvalue weighted by Gasteiger charge is 2.16. The Bertz CT molecular complexity index is 1030. The SMILES string of the molecule is CCOc1ccccc1CCCNC(=O)c1ccc(CN2CCCc3ccccc32)cc1. The van der Waals surface area contributed by atoms with Gasteiger partial charge in [-0.05, 0) is 73.6 Å². The van der Waals surface area contributed by atoms with Gasteiger partial charge in [-0.25, -0.2) is 0 Å². The molecule has 0 saturated heterocycles. The van der Waals surface area contributed by atoms with Gasteiger partial charge in [-0.15, -0.1) is 0 Å². The van der Waals surface area contributed by atoms with Crippen LogP contribution < -0.4 is 15.0 Å². The van der Waals surface area contributed by atoms with Gasteiger partial charge in [-0.2, -0.15) is 0 Å².